The minimum Gasteiger partial charge on any atom is -0.384 e. The van der Waals surface area contributed by atoms with E-state index in [1.807, 2.05) is 32.9 Å². The molecule has 0 aliphatic carbocycles. The Morgan fingerprint density at radius 3 is 2.35 bits per heavy atom. The van der Waals surface area contributed by atoms with Gasteiger partial charge in [0.15, 0.2) is 0 Å². The number of hydrogen-bond acceptors (Lipinski definition) is 6. The quantitative estimate of drug-likeness (QED) is 0.454. The van der Waals surface area contributed by atoms with Crippen molar-refractivity contribution in [3.05, 3.63) is 48.0 Å². The van der Waals surface area contributed by atoms with Crippen LogP contribution in [0.1, 0.15) is 32.8 Å². The van der Waals surface area contributed by atoms with E-state index in [0.29, 0.717) is 30.9 Å². The second kappa shape index (κ2) is 10.4. The van der Waals surface area contributed by atoms with Gasteiger partial charge in [-0.15, -0.1) is 0 Å². The third-order valence-corrected chi connectivity index (χ3v) is 8.73. The number of aryl methyl sites for hydroxylation is 1. The van der Waals surface area contributed by atoms with Crippen molar-refractivity contribution in [2.45, 2.75) is 43.4 Å². The van der Waals surface area contributed by atoms with Crippen LogP contribution < -0.4 is 14.9 Å². The normalized spacial score (nSPS) is 17.9. The van der Waals surface area contributed by atoms with Crippen LogP contribution in [0.25, 0.3) is 0 Å². The van der Waals surface area contributed by atoms with Crippen LogP contribution in [0.2, 0.25) is 0 Å². The van der Waals surface area contributed by atoms with E-state index in [-0.39, 0.29) is 34.1 Å². The van der Waals surface area contributed by atoms with E-state index >= 15 is 0 Å². The SMILES string of the molecule is CCc1ccc(N(CC(C)C)S(=O)(=O)c2ccc(NCC3CNC(=O)C3)c(S(C)(=N)=O)c2)cc1. The second-order valence-electron chi connectivity index (χ2n) is 9.21. The molecule has 8 nitrogen and oxygen atoms in total. The van der Waals surface area contributed by atoms with E-state index in [0.717, 1.165) is 12.0 Å². The van der Waals surface area contributed by atoms with Crippen LogP contribution in [0, 0.1) is 16.6 Å². The first-order valence-electron chi connectivity index (χ1n) is 11.4. The van der Waals surface area contributed by atoms with E-state index in [4.69, 9.17) is 4.78 Å². The lowest BCUT2D eigenvalue weighted by molar-refractivity contribution is -0.119. The number of sulfonamides is 1. The number of hydrogen-bond donors (Lipinski definition) is 3. The molecular weight excluding hydrogens is 472 g/mol. The number of amides is 1. The second-order valence-corrected chi connectivity index (χ2v) is 13.2. The first-order chi connectivity index (χ1) is 15.9. The summed E-state index contributed by atoms with van der Waals surface area (Å²) in [5.41, 5.74) is 2.13. The Morgan fingerprint density at radius 1 is 1.15 bits per heavy atom. The van der Waals surface area contributed by atoms with E-state index in [1.54, 1.807) is 18.2 Å². The van der Waals surface area contributed by atoms with E-state index in [1.165, 1.54) is 22.7 Å². The van der Waals surface area contributed by atoms with Crippen LogP contribution in [0.5, 0.6) is 0 Å². The van der Waals surface area contributed by atoms with Gasteiger partial charge >= 0.3 is 0 Å². The minimum atomic E-state index is -3.96. The molecule has 1 aliphatic rings. The smallest absolute Gasteiger partial charge is 0.264 e. The van der Waals surface area contributed by atoms with Crippen LogP contribution in [-0.4, -0.2) is 44.4 Å². The number of anilines is 2. The largest absolute Gasteiger partial charge is 0.384 e. The molecule has 1 saturated heterocycles. The zero-order chi connectivity index (χ0) is 25.1. The Hall–Kier alpha value is -2.59. The zero-order valence-corrected chi connectivity index (χ0v) is 21.8. The van der Waals surface area contributed by atoms with E-state index < -0.39 is 19.8 Å². The Kier molecular flexibility index (Phi) is 7.92. The average Bonchev–Trinajstić information content (AvgIpc) is 3.20. The molecule has 10 heteroatoms. The van der Waals surface area contributed by atoms with Gasteiger partial charge in [0.05, 0.1) is 30.9 Å². The topological polar surface area (TPSA) is 119 Å². The molecule has 3 rings (SSSR count). The lowest BCUT2D eigenvalue weighted by atomic mass is 10.1. The standard InChI is InChI=1S/C24H34N4O4S2/c1-5-18-6-8-20(9-7-18)28(16-17(2)3)34(31,32)21-10-11-22(23(13-21)33(4,25)30)26-14-19-12-24(29)27-15-19/h6-11,13,17,19,25-26H,5,12,14-16H2,1-4H3,(H,27,29). The van der Waals surface area contributed by atoms with Crippen molar-refractivity contribution in [3.63, 3.8) is 0 Å². The van der Waals surface area contributed by atoms with Crippen LogP contribution in [0.15, 0.2) is 52.3 Å². The molecule has 2 unspecified atom stereocenters. The van der Waals surface area contributed by atoms with Crippen molar-refractivity contribution in [1.29, 1.82) is 4.78 Å². The maximum Gasteiger partial charge on any atom is 0.264 e. The number of rotatable bonds is 10. The summed E-state index contributed by atoms with van der Waals surface area (Å²) >= 11 is 0. The molecule has 2 aromatic rings. The third-order valence-electron chi connectivity index (χ3n) is 5.77. The monoisotopic (exact) mass is 506 g/mol. The highest BCUT2D eigenvalue weighted by molar-refractivity contribution is 7.93. The fourth-order valence-electron chi connectivity index (χ4n) is 3.89. The maximum atomic E-state index is 13.7. The van der Waals surface area contributed by atoms with E-state index in [2.05, 4.69) is 10.6 Å². The number of benzene rings is 2. The molecule has 1 fully saturated rings. The summed E-state index contributed by atoms with van der Waals surface area (Å²) in [6.07, 6.45) is 2.53. The molecule has 2 aromatic carbocycles. The molecule has 3 N–H and O–H groups in total. The van der Waals surface area contributed by atoms with Gasteiger partial charge in [0.2, 0.25) is 5.91 Å². The number of carbonyl (C=O) groups excluding carboxylic acids is 1. The molecule has 186 valence electrons. The molecule has 0 saturated carbocycles. The zero-order valence-electron chi connectivity index (χ0n) is 20.1. The first-order valence-corrected chi connectivity index (χ1v) is 14.8. The Balaban J connectivity index is 1.98. The molecule has 1 heterocycles. The van der Waals surface area contributed by atoms with Gasteiger partial charge in [-0.1, -0.05) is 32.9 Å². The maximum absolute atomic E-state index is 13.7. The molecule has 0 aromatic heterocycles. The number of nitrogens with one attached hydrogen (secondary N) is 3. The van der Waals surface area contributed by atoms with Crippen LogP contribution in [0.4, 0.5) is 11.4 Å². The summed E-state index contributed by atoms with van der Waals surface area (Å²) in [5.74, 6) is 0.149. The molecular formula is C24H34N4O4S2. The number of carbonyl (C=O) groups is 1. The van der Waals surface area contributed by atoms with Gasteiger partial charge in [-0.05, 0) is 48.2 Å². The summed E-state index contributed by atoms with van der Waals surface area (Å²) in [6, 6.07) is 11.8. The summed E-state index contributed by atoms with van der Waals surface area (Å²) in [5, 5.41) is 5.94. The van der Waals surface area contributed by atoms with Crippen molar-refractivity contribution in [2.24, 2.45) is 11.8 Å². The predicted molar refractivity (Wildman–Crippen MR) is 136 cm³/mol. The van der Waals surface area contributed by atoms with Crippen LogP contribution in [-0.2, 0) is 31.0 Å². The molecule has 0 spiro atoms. The van der Waals surface area contributed by atoms with E-state index in [9.17, 15) is 17.4 Å². The average molecular weight is 507 g/mol. The van der Waals surface area contributed by atoms with Gasteiger partial charge in [-0.2, -0.15) is 0 Å². The van der Waals surface area contributed by atoms with Crippen LogP contribution in [0.3, 0.4) is 0 Å². The highest BCUT2D eigenvalue weighted by Crippen LogP contribution is 2.30. The van der Waals surface area contributed by atoms with Crippen molar-refractivity contribution in [3.8, 4) is 0 Å². The predicted octanol–water partition coefficient (Wildman–Crippen LogP) is 3.68. The molecule has 34 heavy (non-hydrogen) atoms. The lowest BCUT2D eigenvalue weighted by Gasteiger charge is -2.27. The Labute approximate surface area is 203 Å². The van der Waals surface area contributed by atoms with Crippen LogP contribution >= 0.6 is 0 Å². The van der Waals surface area contributed by atoms with Gasteiger partial charge in [0.1, 0.15) is 0 Å². The van der Waals surface area contributed by atoms with Gasteiger partial charge in [-0.3, -0.25) is 9.10 Å². The third kappa shape index (κ3) is 6.09. The summed E-state index contributed by atoms with van der Waals surface area (Å²) < 4.78 is 49.8. The lowest BCUT2D eigenvalue weighted by Crippen LogP contribution is -2.34. The highest BCUT2D eigenvalue weighted by atomic mass is 32.2. The summed E-state index contributed by atoms with van der Waals surface area (Å²) in [6.45, 7) is 7.24. The van der Waals surface area contributed by atoms with Gasteiger partial charge in [-0.25, -0.2) is 17.4 Å². The Bertz CT molecular complexity index is 1240. The molecule has 1 aliphatic heterocycles. The van der Waals surface area contributed by atoms with Crippen molar-refractivity contribution < 1.29 is 17.4 Å². The number of nitrogens with zero attached hydrogens (tertiary/aromatic N) is 1. The summed E-state index contributed by atoms with van der Waals surface area (Å²) in [4.78, 5) is 11.6. The van der Waals surface area contributed by atoms with Crippen molar-refractivity contribution in [1.82, 2.24) is 5.32 Å². The van der Waals surface area contributed by atoms with Crippen molar-refractivity contribution >= 4 is 37.0 Å². The van der Waals surface area contributed by atoms with Crippen molar-refractivity contribution in [2.75, 3.05) is 35.5 Å². The molecule has 0 radical (unpaired) electrons. The van der Waals surface area contributed by atoms with Gasteiger partial charge in [0.25, 0.3) is 10.0 Å². The fourth-order valence-corrected chi connectivity index (χ4v) is 6.54. The molecule has 2 atom stereocenters. The minimum absolute atomic E-state index is 0.00666. The molecule has 0 bridgehead atoms. The van der Waals surface area contributed by atoms with Gasteiger partial charge < -0.3 is 10.6 Å². The highest BCUT2D eigenvalue weighted by Gasteiger charge is 2.28. The van der Waals surface area contributed by atoms with Gasteiger partial charge in [0, 0.05) is 38.2 Å². The molecule has 1 amide bonds. The first kappa shape index (κ1) is 26.0. The summed E-state index contributed by atoms with van der Waals surface area (Å²) in [7, 11) is -7.19. The fraction of sp³-hybridized carbons (Fsp3) is 0.458. The Morgan fingerprint density at radius 2 is 1.82 bits per heavy atom.